The third-order valence-electron chi connectivity index (χ3n) is 2.86. The van der Waals surface area contributed by atoms with Crippen LogP contribution in [-0.2, 0) is 0 Å². The first-order valence-electron chi connectivity index (χ1n) is 4.22. The van der Waals surface area contributed by atoms with Gasteiger partial charge in [0.05, 0.1) is 0 Å². The number of fused-ring (bicyclic) bond motifs is 1. The molecule has 2 heteroatoms. The van der Waals surface area contributed by atoms with Crippen LogP contribution in [0.15, 0.2) is 17.5 Å². The molecule has 2 aliphatic rings. The third-order valence-corrected chi connectivity index (χ3v) is 3.81. The summed E-state index contributed by atoms with van der Waals surface area (Å²) in [7, 11) is 0. The van der Waals surface area contributed by atoms with Gasteiger partial charge < -0.3 is 5.32 Å². The van der Waals surface area contributed by atoms with Crippen molar-refractivity contribution in [2.75, 3.05) is 6.54 Å². The molecule has 1 saturated heterocycles. The topological polar surface area (TPSA) is 12.0 Å². The number of thiophene rings is 1. The summed E-state index contributed by atoms with van der Waals surface area (Å²) in [5.41, 5.74) is 0. The Morgan fingerprint density at radius 1 is 1.55 bits per heavy atom. The molecule has 58 valence electrons. The summed E-state index contributed by atoms with van der Waals surface area (Å²) < 4.78 is 0. The summed E-state index contributed by atoms with van der Waals surface area (Å²) in [6.07, 6.45) is 1.47. The Morgan fingerprint density at radius 3 is 3.09 bits per heavy atom. The molecule has 0 aromatic carbocycles. The number of nitrogens with one attached hydrogen (secondary N) is 1. The van der Waals surface area contributed by atoms with Crippen molar-refractivity contribution in [3.05, 3.63) is 22.4 Å². The van der Waals surface area contributed by atoms with Crippen LogP contribution in [0.3, 0.4) is 0 Å². The Balaban J connectivity index is 1.89. The number of hydrogen-bond donors (Lipinski definition) is 1. The zero-order chi connectivity index (χ0) is 7.26. The van der Waals surface area contributed by atoms with Gasteiger partial charge in [-0.05, 0) is 36.2 Å². The Kier molecular flexibility index (Phi) is 1.17. The molecule has 3 atom stereocenters. The standard InChI is InChI=1S/C9H11NS/c1-2-8(11-3-1)9-7-4-6(7)5-10-9/h1-3,6-7,9-10H,4-5H2. The first-order chi connectivity index (χ1) is 5.45. The second kappa shape index (κ2) is 2.08. The molecule has 1 aromatic rings. The molecule has 1 saturated carbocycles. The van der Waals surface area contributed by atoms with Gasteiger partial charge in [-0.1, -0.05) is 6.07 Å². The van der Waals surface area contributed by atoms with Crippen molar-refractivity contribution in [3.63, 3.8) is 0 Å². The zero-order valence-electron chi connectivity index (χ0n) is 6.29. The van der Waals surface area contributed by atoms with E-state index in [1.165, 1.54) is 17.8 Å². The van der Waals surface area contributed by atoms with E-state index in [4.69, 9.17) is 0 Å². The summed E-state index contributed by atoms with van der Waals surface area (Å²) in [6.45, 7) is 1.26. The predicted molar refractivity (Wildman–Crippen MR) is 46.7 cm³/mol. The molecule has 3 rings (SSSR count). The normalized spacial score (nSPS) is 40.5. The van der Waals surface area contributed by atoms with Gasteiger partial charge in [0.1, 0.15) is 0 Å². The molecule has 3 unspecified atom stereocenters. The fourth-order valence-electron chi connectivity index (χ4n) is 2.12. The Morgan fingerprint density at radius 2 is 2.55 bits per heavy atom. The van der Waals surface area contributed by atoms with Crippen LogP contribution in [0.4, 0.5) is 0 Å². The molecule has 1 nitrogen and oxygen atoms in total. The van der Waals surface area contributed by atoms with Gasteiger partial charge in [0.2, 0.25) is 0 Å². The molecule has 2 fully saturated rings. The van der Waals surface area contributed by atoms with Crippen molar-refractivity contribution >= 4 is 11.3 Å². The maximum absolute atomic E-state index is 3.57. The highest BCUT2D eigenvalue weighted by Crippen LogP contribution is 2.52. The average molecular weight is 165 g/mol. The third kappa shape index (κ3) is 0.861. The zero-order valence-corrected chi connectivity index (χ0v) is 7.10. The van der Waals surface area contributed by atoms with Gasteiger partial charge in [-0.2, -0.15) is 0 Å². The summed E-state index contributed by atoms with van der Waals surface area (Å²) in [4.78, 5) is 1.54. The smallest absolute Gasteiger partial charge is 0.0446 e. The van der Waals surface area contributed by atoms with E-state index in [0.717, 1.165) is 11.8 Å². The van der Waals surface area contributed by atoms with Crippen LogP contribution in [-0.4, -0.2) is 6.54 Å². The van der Waals surface area contributed by atoms with E-state index in [0.29, 0.717) is 6.04 Å². The second-order valence-electron chi connectivity index (χ2n) is 3.56. The number of piperidine rings is 1. The Hall–Kier alpha value is -0.340. The second-order valence-corrected chi connectivity index (χ2v) is 4.54. The number of rotatable bonds is 1. The lowest BCUT2D eigenvalue weighted by atomic mass is 10.2. The van der Waals surface area contributed by atoms with Crippen LogP contribution >= 0.6 is 11.3 Å². The van der Waals surface area contributed by atoms with Crippen LogP contribution < -0.4 is 5.32 Å². The van der Waals surface area contributed by atoms with Gasteiger partial charge >= 0.3 is 0 Å². The maximum Gasteiger partial charge on any atom is 0.0446 e. The van der Waals surface area contributed by atoms with Gasteiger partial charge in [-0.3, -0.25) is 0 Å². The Labute approximate surface area is 70.4 Å². The van der Waals surface area contributed by atoms with Crippen LogP contribution in [0.5, 0.6) is 0 Å². The first kappa shape index (κ1) is 6.21. The van der Waals surface area contributed by atoms with Gasteiger partial charge in [-0.25, -0.2) is 0 Å². The molecular weight excluding hydrogens is 154 g/mol. The molecule has 2 heterocycles. The van der Waals surface area contributed by atoms with E-state index < -0.39 is 0 Å². The molecule has 0 bridgehead atoms. The van der Waals surface area contributed by atoms with Gasteiger partial charge in [0, 0.05) is 10.9 Å². The maximum atomic E-state index is 3.57. The van der Waals surface area contributed by atoms with E-state index in [2.05, 4.69) is 22.8 Å². The molecule has 1 aromatic heterocycles. The molecular formula is C9H11NS. The van der Waals surface area contributed by atoms with Crippen molar-refractivity contribution in [2.24, 2.45) is 11.8 Å². The van der Waals surface area contributed by atoms with E-state index in [1.54, 1.807) is 0 Å². The van der Waals surface area contributed by atoms with Crippen molar-refractivity contribution in [1.29, 1.82) is 0 Å². The van der Waals surface area contributed by atoms with Crippen molar-refractivity contribution in [2.45, 2.75) is 12.5 Å². The highest BCUT2D eigenvalue weighted by molar-refractivity contribution is 7.10. The van der Waals surface area contributed by atoms with E-state index >= 15 is 0 Å². The monoisotopic (exact) mass is 165 g/mol. The van der Waals surface area contributed by atoms with Crippen LogP contribution in [0.25, 0.3) is 0 Å². The van der Waals surface area contributed by atoms with Crippen LogP contribution in [0.1, 0.15) is 17.3 Å². The van der Waals surface area contributed by atoms with Crippen molar-refractivity contribution < 1.29 is 0 Å². The minimum absolute atomic E-state index is 0.708. The molecule has 1 N–H and O–H groups in total. The van der Waals surface area contributed by atoms with Crippen molar-refractivity contribution in [1.82, 2.24) is 5.32 Å². The SMILES string of the molecule is c1csc(C2NCC3CC32)c1. The molecule has 1 aliphatic heterocycles. The van der Waals surface area contributed by atoms with Crippen LogP contribution in [0, 0.1) is 11.8 Å². The quantitative estimate of drug-likeness (QED) is 0.671. The predicted octanol–water partition coefficient (Wildman–Crippen LogP) is 2.03. The lowest BCUT2D eigenvalue weighted by Gasteiger charge is -2.09. The van der Waals surface area contributed by atoms with E-state index in [-0.39, 0.29) is 0 Å². The lowest BCUT2D eigenvalue weighted by Crippen LogP contribution is -2.16. The molecule has 11 heavy (non-hydrogen) atoms. The fourth-order valence-corrected chi connectivity index (χ4v) is 3.00. The molecule has 0 radical (unpaired) electrons. The van der Waals surface area contributed by atoms with E-state index in [1.807, 2.05) is 11.3 Å². The van der Waals surface area contributed by atoms with Gasteiger partial charge in [0.15, 0.2) is 0 Å². The minimum Gasteiger partial charge on any atom is -0.309 e. The molecule has 1 aliphatic carbocycles. The Bertz CT molecular complexity index is 255. The average Bonchev–Trinajstić information content (AvgIpc) is 2.54. The number of hydrogen-bond acceptors (Lipinski definition) is 2. The first-order valence-corrected chi connectivity index (χ1v) is 5.10. The molecule has 0 amide bonds. The lowest BCUT2D eigenvalue weighted by molar-refractivity contribution is 0.572. The summed E-state index contributed by atoms with van der Waals surface area (Å²) in [5, 5.41) is 5.74. The van der Waals surface area contributed by atoms with Crippen LogP contribution in [0.2, 0.25) is 0 Å². The minimum atomic E-state index is 0.708. The summed E-state index contributed by atoms with van der Waals surface area (Å²) >= 11 is 1.89. The molecule has 0 spiro atoms. The summed E-state index contributed by atoms with van der Waals surface area (Å²) in [5.74, 6) is 2.00. The van der Waals surface area contributed by atoms with Crippen molar-refractivity contribution in [3.8, 4) is 0 Å². The van der Waals surface area contributed by atoms with Gasteiger partial charge in [0.25, 0.3) is 0 Å². The summed E-state index contributed by atoms with van der Waals surface area (Å²) in [6, 6.07) is 5.11. The largest absolute Gasteiger partial charge is 0.309 e. The highest BCUT2D eigenvalue weighted by atomic mass is 32.1. The highest BCUT2D eigenvalue weighted by Gasteiger charge is 2.48. The van der Waals surface area contributed by atoms with Gasteiger partial charge in [-0.15, -0.1) is 11.3 Å². The fraction of sp³-hybridized carbons (Fsp3) is 0.556. The van der Waals surface area contributed by atoms with E-state index in [9.17, 15) is 0 Å².